The molecular formula is C11H19N3OS. The Morgan fingerprint density at radius 3 is 2.69 bits per heavy atom. The van der Waals surface area contributed by atoms with Crippen LogP contribution in [0.4, 0.5) is 5.13 Å². The Kier molecular flexibility index (Phi) is 4.73. The van der Waals surface area contributed by atoms with E-state index in [4.69, 9.17) is 5.73 Å². The standard InChI is InChI=1S/C11H19N3OS/c1-4-5-6-7-14(3)10(15)9-8(2)13-11(12)16-9/h4-7H2,1-3H3,(H2,12,13). The van der Waals surface area contributed by atoms with Gasteiger partial charge in [0.05, 0.1) is 5.69 Å². The fourth-order valence-corrected chi connectivity index (χ4v) is 2.32. The van der Waals surface area contributed by atoms with Crippen molar-refractivity contribution in [3.05, 3.63) is 10.6 Å². The number of nitrogens with two attached hydrogens (primary N) is 1. The molecule has 4 nitrogen and oxygen atoms in total. The highest BCUT2D eigenvalue weighted by Crippen LogP contribution is 2.21. The van der Waals surface area contributed by atoms with Gasteiger partial charge >= 0.3 is 0 Å². The van der Waals surface area contributed by atoms with Crippen molar-refractivity contribution in [3.8, 4) is 0 Å². The lowest BCUT2D eigenvalue weighted by molar-refractivity contribution is 0.0796. The lowest BCUT2D eigenvalue weighted by Gasteiger charge is -2.15. The van der Waals surface area contributed by atoms with Crippen molar-refractivity contribution in [1.82, 2.24) is 9.88 Å². The van der Waals surface area contributed by atoms with Gasteiger partial charge in [0.2, 0.25) is 0 Å². The third-order valence-corrected chi connectivity index (χ3v) is 3.43. The molecule has 0 spiro atoms. The van der Waals surface area contributed by atoms with E-state index in [0.717, 1.165) is 31.5 Å². The van der Waals surface area contributed by atoms with Crippen molar-refractivity contribution in [2.75, 3.05) is 19.3 Å². The van der Waals surface area contributed by atoms with E-state index in [1.807, 2.05) is 14.0 Å². The smallest absolute Gasteiger partial charge is 0.265 e. The molecule has 1 aromatic heterocycles. The molecular weight excluding hydrogens is 222 g/mol. The first-order valence-electron chi connectivity index (χ1n) is 5.54. The zero-order chi connectivity index (χ0) is 12.1. The summed E-state index contributed by atoms with van der Waals surface area (Å²) in [6.45, 7) is 4.76. The Morgan fingerprint density at radius 2 is 2.19 bits per heavy atom. The Hall–Kier alpha value is -1.10. The number of anilines is 1. The topological polar surface area (TPSA) is 59.2 Å². The molecule has 16 heavy (non-hydrogen) atoms. The number of carbonyl (C=O) groups excluding carboxylic acids is 1. The van der Waals surface area contributed by atoms with Gasteiger partial charge in [-0.25, -0.2) is 4.98 Å². The van der Waals surface area contributed by atoms with Crippen molar-refractivity contribution < 1.29 is 4.79 Å². The average Bonchev–Trinajstić information content (AvgIpc) is 2.57. The van der Waals surface area contributed by atoms with Crippen LogP contribution in [0, 0.1) is 6.92 Å². The summed E-state index contributed by atoms with van der Waals surface area (Å²) in [4.78, 5) is 18.5. The Bertz CT molecular complexity index is 362. The van der Waals surface area contributed by atoms with E-state index in [2.05, 4.69) is 11.9 Å². The van der Waals surface area contributed by atoms with E-state index in [0.29, 0.717) is 10.0 Å². The Labute approximate surface area is 100 Å². The largest absolute Gasteiger partial charge is 0.375 e. The van der Waals surface area contributed by atoms with Crippen molar-refractivity contribution in [2.45, 2.75) is 33.1 Å². The van der Waals surface area contributed by atoms with Gasteiger partial charge in [-0.2, -0.15) is 0 Å². The molecule has 0 radical (unpaired) electrons. The number of amides is 1. The number of hydrogen-bond acceptors (Lipinski definition) is 4. The molecule has 1 aromatic rings. The summed E-state index contributed by atoms with van der Waals surface area (Å²) in [5.41, 5.74) is 6.31. The second-order valence-corrected chi connectivity index (χ2v) is 4.93. The maximum Gasteiger partial charge on any atom is 0.265 e. The molecule has 1 heterocycles. The van der Waals surface area contributed by atoms with Gasteiger partial charge in [0.15, 0.2) is 5.13 Å². The number of carbonyl (C=O) groups is 1. The summed E-state index contributed by atoms with van der Waals surface area (Å²) < 4.78 is 0. The van der Waals surface area contributed by atoms with Gasteiger partial charge in [-0.1, -0.05) is 31.1 Å². The first-order valence-corrected chi connectivity index (χ1v) is 6.36. The van der Waals surface area contributed by atoms with Crippen LogP contribution >= 0.6 is 11.3 Å². The minimum absolute atomic E-state index is 0.0304. The SMILES string of the molecule is CCCCCN(C)C(=O)c1sc(N)nc1C. The molecule has 0 aromatic carbocycles. The molecule has 0 atom stereocenters. The third-order valence-electron chi connectivity index (χ3n) is 2.45. The summed E-state index contributed by atoms with van der Waals surface area (Å²) in [7, 11) is 1.83. The maximum atomic E-state index is 12.0. The molecule has 0 bridgehead atoms. The van der Waals surface area contributed by atoms with Crippen LogP contribution in [0.5, 0.6) is 0 Å². The van der Waals surface area contributed by atoms with Crippen LogP contribution < -0.4 is 5.73 Å². The Morgan fingerprint density at radius 1 is 1.50 bits per heavy atom. The van der Waals surface area contributed by atoms with E-state index >= 15 is 0 Å². The first kappa shape index (κ1) is 13.0. The second kappa shape index (κ2) is 5.84. The predicted molar refractivity (Wildman–Crippen MR) is 67.7 cm³/mol. The summed E-state index contributed by atoms with van der Waals surface area (Å²) in [6, 6.07) is 0. The highest BCUT2D eigenvalue weighted by atomic mass is 32.1. The van der Waals surface area contributed by atoms with E-state index in [1.165, 1.54) is 11.3 Å². The van der Waals surface area contributed by atoms with Gasteiger partial charge in [-0.3, -0.25) is 4.79 Å². The molecule has 0 aliphatic carbocycles. The van der Waals surface area contributed by atoms with Gasteiger partial charge in [-0.05, 0) is 13.3 Å². The summed E-state index contributed by atoms with van der Waals surface area (Å²) in [5, 5.41) is 0.461. The zero-order valence-electron chi connectivity index (χ0n) is 10.1. The molecule has 90 valence electrons. The minimum atomic E-state index is 0.0304. The molecule has 0 aliphatic heterocycles. The summed E-state index contributed by atoms with van der Waals surface area (Å²) in [6.07, 6.45) is 3.36. The van der Waals surface area contributed by atoms with E-state index in [9.17, 15) is 4.79 Å². The highest BCUT2D eigenvalue weighted by molar-refractivity contribution is 7.17. The van der Waals surface area contributed by atoms with Crippen LogP contribution in [0.25, 0.3) is 0 Å². The molecule has 0 unspecified atom stereocenters. The van der Waals surface area contributed by atoms with Crippen LogP contribution in [0.15, 0.2) is 0 Å². The lowest BCUT2D eigenvalue weighted by atomic mass is 10.2. The van der Waals surface area contributed by atoms with Gasteiger partial charge in [0.25, 0.3) is 5.91 Å². The van der Waals surface area contributed by atoms with Gasteiger partial charge in [-0.15, -0.1) is 0 Å². The number of unbranched alkanes of at least 4 members (excludes halogenated alkanes) is 2. The molecule has 0 fully saturated rings. The summed E-state index contributed by atoms with van der Waals surface area (Å²) in [5.74, 6) is 0.0304. The van der Waals surface area contributed by atoms with Crippen LogP contribution in [0.3, 0.4) is 0 Å². The van der Waals surface area contributed by atoms with Crippen LogP contribution in [0.2, 0.25) is 0 Å². The fourth-order valence-electron chi connectivity index (χ4n) is 1.49. The van der Waals surface area contributed by atoms with Crippen LogP contribution in [-0.4, -0.2) is 29.4 Å². The van der Waals surface area contributed by atoms with Gasteiger partial charge < -0.3 is 10.6 Å². The Balaban J connectivity index is 2.60. The number of hydrogen-bond donors (Lipinski definition) is 1. The zero-order valence-corrected chi connectivity index (χ0v) is 10.9. The first-order chi connectivity index (χ1) is 7.56. The van der Waals surface area contributed by atoms with E-state index in [-0.39, 0.29) is 5.91 Å². The normalized spacial score (nSPS) is 10.4. The molecule has 0 saturated heterocycles. The van der Waals surface area contributed by atoms with Crippen molar-refractivity contribution in [2.24, 2.45) is 0 Å². The second-order valence-electron chi connectivity index (χ2n) is 3.90. The molecule has 5 heteroatoms. The minimum Gasteiger partial charge on any atom is -0.375 e. The van der Waals surface area contributed by atoms with Crippen molar-refractivity contribution in [1.29, 1.82) is 0 Å². The molecule has 1 rings (SSSR count). The molecule has 0 saturated carbocycles. The number of aromatic nitrogens is 1. The maximum absolute atomic E-state index is 12.0. The van der Waals surface area contributed by atoms with E-state index < -0.39 is 0 Å². The number of nitrogen functional groups attached to an aromatic ring is 1. The van der Waals surface area contributed by atoms with Crippen LogP contribution in [0.1, 0.15) is 41.6 Å². The monoisotopic (exact) mass is 241 g/mol. The quantitative estimate of drug-likeness (QED) is 0.805. The predicted octanol–water partition coefficient (Wildman–Crippen LogP) is 2.30. The number of nitrogens with zero attached hydrogens (tertiary/aromatic N) is 2. The molecule has 1 amide bonds. The summed E-state index contributed by atoms with van der Waals surface area (Å²) >= 11 is 1.27. The van der Waals surface area contributed by atoms with Gasteiger partial charge in [0, 0.05) is 13.6 Å². The number of aryl methyl sites for hydroxylation is 1. The number of rotatable bonds is 5. The lowest BCUT2D eigenvalue weighted by Crippen LogP contribution is -2.27. The van der Waals surface area contributed by atoms with Crippen molar-refractivity contribution in [3.63, 3.8) is 0 Å². The molecule has 2 N–H and O–H groups in total. The third kappa shape index (κ3) is 3.20. The van der Waals surface area contributed by atoms with Crippen LogP contribution in [-0.2, 0) is 0 Å². The van der Waals surface area contributed by atoms with Gasteiger partial charge in [0.1, 0.15) is 4.88 Å². The highest BCUT2D eigenvalue weighted by Gasteiger charge is 2.17. The number of thiazole rings is 1. The average molecular weight is 241 g/mol. The van der Waals surface area contributed by atoms with Crippen molar-refractivity contribution >= 4 is 22.4 Å². The fraction of sp³-hybridized carbons (Fsp3) is 0.636. The molecule has 0 aliphatic rings. The van der Waals surface area contributed by atoms with E-state index in [1.54, 1.807) is 4.90 Å².